The van der Waals surface area contributed by atoms with Gasteiger partial charge in [-0.05, 0) is 136 Å². The van der Waals surface area contributed by atoms with Crippen molar-refractivity contribution in [2.75, 3.05) is 33.0 Å². The van der Waals surface area contributed by atoms with Gasteiger partial charge in [-0.3, -0.25) is 19.2 Å². The molecule has 9 nitrogen and oxygen atoms in total. The van der Waals surface area contributed by atoms with Gasteiger partial charge < -0.3 is 23.4 Å². The SMILES string of the molecule is C[Si](C)(OCC12C=CC(C1)C(C(=O)OCC(COC(=O)C1CC3C=CC1C3)(COC(=O)C1CC3C=CC1C3)COC(=O)C1CC3C=CC1C3)C2)C1CC2C=CC1C2. The third kappa shape index (κ3) is 7.16. The average molecular weight is 797 g/mol. The number of esters is 4. The molecule has 5 fully saturated rings. The van der Waals surface area contributed by atoms with Gasteiger partial charge in [-0.2, -0.15) is 0 Å². The largest absolute Gasteiger partial charge is 0.464 e. The summed E-state index contributed by atoms with van der Waals surface area (Å²) in [6, 6.07) is 0. The molecule has 0 amide bonds. The molecule has 10 rings (SSSR count). The number of fused-ring (bicyclic) bond motifs is 10. The van der Waals surface area contributed by atoms with E-state index in [1.807, 2.05) is 0 Å². The summed E-state index contributed by atoms with van der Waals surface area (Å²) >= 11 is 0. The Morgan fingerprint density at radius 2 is 0.930 bits per heavy atom. The van der Waals surface area contributed by atoms with Crippen molar-refractivity contribution in [1.29, 1.82) is 0 Å². The quantitative estimate of drug-likeness (QED) is 0.0676. The summed E-state index contributed by atoms with van der Waals surface area (Å²) in [4.78, 5) is 55.2. The van der Waals surface area contributed by atoms with E-state index in [9.17, 15) is 19.2 Å². The highest BCUT2D eigenvalue weighted by atomic mass is 28.4. The van der Waals surface area contributed by atoms with E-state index in [4.69, 9.17) is 23.4 Å². The number of rotatable bonds is 16. The number of carbonyl (C=O) groups excluding carboxylic acids is 4. The van der Waals surface area contributed by atoms with Gasteiger partial charge in [0.05, 0.1) is 23.7 Å². The zero-order chi connectivity index (χ0) is 39.1. The van der Waals surface area contributed by atoms with Crippen molar-refractivity contribution in [3.05, 3.63) is 60.8 Å². The Bertz CT molecular complexity index is 1690. The monoisotopic (exact) mass is 796 g/mol. The summed E-state index contributed by atoms with van der Waals surface area (Å²) in [5.41, 5.74) is -0.814. The van der Waals surface area contributed by atoms with Crippen LogP contribution in [0.5, 0.6) is 0 Å². The summed E-state index contributed by atoms with van der Waals surface area (Å²) in [5, 5.41) is 0. The van der Waals surface area contributed by atoms with Gasteiger partial charge in [0.15, 0.2) is 8.32 Å². The van der Waals surface area contributed by atoms with Crippen LogP contribution in [0.2, 0.25) is 18.6 Å². The lowest BCUT2D eigenvalue weighted by Crippen LogP contribution is -2.46. The molecule has 10 heteroatoms. The first-order valence-corrected chi connectivity index (χ1v) is 25.2. The number of hydrogen-bond acceptors (Lipinski definition) is 9. The van der Waals surface area contributed by atoms with Crippen LogP contribution in [0.3, 0.4) is 0 Å². The Balaban J connectivity index is 0.839. The van der Waals surface area contributed by atoms with Gasteiger partial charge in [0, 0.05) is 12.0 Å². The molecule has 0 N–H and O–H groups in total. The first kappa shape index (κ1) is 38.0. The summed E-state index contributed by atoms with van der Waals surface area (Å²) in [6.45, 7) is 4.60. The fraction of sp³-hybridized carbons (Fsp3) is 0.702. The van der Waals surface area contributed by atoms with E-state index < -0.39 is 13.7 Å². The van der Waals surface area contributed by atoms with Gasteiger partial charge in [-0.15, -0.1) is 0 Å². The van der Waals surface area contributed by atoms with Gasteiger partial charge in [0.2, 0.25) is 0 Å². The predicted octanol–water partition coefficient (Wildman–Crippen LogP) is 7.55. The van der Waals surface area contributed by atoms with Crippen LogP contribution in [0.25, 0.3) is 0 Å². The first-order valence-electron chi connectivity index (χ1n) is 22.2. The fourth-order valence-electron chi connectivity index (χ4n) is 13.1. The topological polar surface area (TPSA) is 114 Å². The molecule has 5 saturated carbocycles. The third-order valence-corrected chi connectivity index (χ3v) is 19.9. The number of hydrogen-bond donors (Lipinski definition) is 0. The molecule has 0 heterocycles. The number of carbonyl (C=O) groups is 4. The van der Waals surface area contributed by atoms with Gasteiger partial charge >= 0.3 is 23.9 Å². The minimum Gasteiger partial charge on any atom is -0.464 e. The zero-order valence-corrected chi connectivity index (χ0v) is 34.6. The van der Waals surface area contributed by atoms with Crippen molar-refractivity contribution in [1.82, 2.24) is 0 Å². The molecule has 306 valence electrons. The molecule has 10 bridgehead atoms. The smallest absolute Gasteiger partial charge is 0.309 e. The fourth-order valence-corrected chi connectivity index (χ4v) is 16.1. The third-order valence-electron chi connectivity index (χ3n) is 16.5. The van der Waals surface area contributed by atoms with Gasteiger partial charge in [-0.1, -0.05) is 60.8 Å². The zero-order valence-electron chi connectivity index (χ0n) is 33.6. The molecule has 0 aromatic carbocycles. The van der Waals surface area contributed by atoms with Gasteiger partial charge in [0.1, 0.15) is 31.8 Å². The molecule has 0 saturated heterocycles. The molecule has 0 aliphatic heterocycles. The van der Waals surface area contributed by atoms with E-state index >= 15 is 0 Å². The van der Waals surface area contributed by atoms with Gasteiger partial charge in [-0.25, -0.2) is 0 Å². The average Bonchev–Trinajstić information content (AvgIpc) is 4.08. The van der Waals surface area contributed by atoms with E-state index in [1.54, 1.807) is 0 Å². The Labute approximate surface area is 338 Å². The minimum atomic E-state index is -1.96. The molecule has 15 atom stereocenters. The molecule has 0 spiro atoms. The molecule has 10 aliphatic rings. The second kappa shape index (κ2) is 14.5. The molecule has 0 radical (unpaired) electrons. The lowest BCUT2D eigenvalue weighted by atomic mass is 9.85. The van der Waals surface area contributed by atoms with Crippen LogP contribution in [0.1, 0.15) is 64.2 Å². The molecule has 10 aliphatic carbocycles. The van der Waals surface area contributed by atoms with E-state index in [1.165, 1.54) is 12.8 Å². The standard InChI is InChI=1S/C47H60O9Si/c1-57(2,41-20-31-6-10-35(41)16-31)56-27-46-12-11-36(21-46)40(22-46)45(51)55-26-47(23-52-42(48)37-17-28-3-7-32(37)13-28,24-53-43(49)38-18-29-4-8-33(38)14-29)25-54-44(50)39-19-30-5-9-34(39)15-30/h3-12,28-41H,13-27H2,1-2H3. The summed E-state index contributed by atoms with van der Waals surface area (Å²) in [7, 11) is -1.96. The molecular weight excluding hydrogens is 737 g/mol. The Morgan fingerprint density at radius 1 is 0.509 bits per heavy atom. The highest BCUT2D eigenvalue weighted by Crippen LogP contribution is 2.56. The molecule has 15 unspecified atom stereocenters. The predicted molar refractivity (Wildman–Crippen MR) is 213 cm³/mol. The van der Waals surface area contributed by atoms with Crippen molar-refractivity contribution in [2.24, 2.45) is 87.8 Å². The van der Waals surface area contributed by atoms with Crippen LogP contribution in [0.4, 0.5) is 0 Å². The van der Waals surface area contributed by atoms with Gasteiger partial charge in [0.25, 0.3) is 0 Å². The Kier molecular flexibility index (Phi) is 9.66. The number of ether oxygens (including phenoxy) is 4. The summed E-state index contributed by atoms with van der Waals surface area (Å²) in [5.74, 6) is 0.778. The van der Waals surface area contributed by atoms with Crippen molar-refractivity contribution in [2.45, 2.75) is 82.8 Å². The van der Waals surface area contributed by atoms with E-state index in [-0.39, 0.29) is 103 Å². The van der Waals surface area contributed by atoms with E-state index in [0.717, 1.165) is 44.9 Å². The van der Waals surface area contributed by atoms with Crippen molar-refractivity contribution < 1.29 is 42.6 Å². The molecule has 0 aromatic rings. The van der Waals surface area contributed by atoms with Crippen LogP contribution in [0, 0.1) is 87.8 Å². The first-order chi connectivity index (χ1) is 27.4. The number of allylic oxidation sites excluding steroid dienone is 9. The highest BCUT2D eigenvalue weighted by Gasteiger charge is 2.54. The van der Waals surface area contributed by atoms with Crippen LogP contribution >= 0.6 is 0 Å². The maximum Gasteiger partial charge on any atom is 0.309 e. The van der Waals surface area contributed by atoms with Crippen LogP contribution in [0.15, 0.2) is 60.8 Å². The summed E-state index contributed by atoms with van der Waals surface area (Å²) in [6.07, 6.45) is 31.3. The minimum absolute atomic E-state index is 0.0571. The molecule has 57 heavy (non-hydrogen) atoms. The lowest BCUT2D eigenvalue weighted by Gasteiger charge is -2.37. The summed E-state index contributed by atoms with van der Waals surface area (Å²) < 4.78 is 31.5. The Hall–Kier alpha value is -3.24. The van der Waals surface area contributed by atoms with E-state index in [2.05, 4.69) is 73.9 Å². The second-order valence-electron chi connectivity index (χ2n) is 20.8. The van der Waals surface area contributed by atoms with Crippen molar-refractivity contribution in [3.63, 3.8) is 0 Å². The maximum atomic E-state index is 14.2. The highest BCUT2D eigenvalue weighted by molar-refractivity contribution is 6.72. The molecule has 0 aromatic heterocycles. The van der Waals surface area contributed by atoms with Crippen molar-refractivity contribution in [3.8, 4) is 0 Å². The Morgan fingerprint density at radius 3 is 1.32 bits per heavy atom. The normalized spacial score (nSPS) is 42.8. The van der Waals surface area contributed by atoms with Crippen molar-refractivity contribution >= 4 is 32.2 Å². The van der Waals surface area contributed by atoms with E-state index in [0.29, 0.717) is 48.2 Å². The van der Waals surface area contributed by atoms with Crippen LogP contribution < -0.4 is 0 Å². The molecular formula is C47H60O9Si. The van der Waals surface area contributed by atoms with Crippen LogP contribution in [-0.4, -0.2) is 65.2 Å². The van der Waals surface area contributed by atoms with Crippen LogP contribution in [-0.2, 0) is 42.6 Å². The second-order valence-corrected chi connectivity index (χ2v) is 25.0. The lowest BCUT2D eigenvalue weighted by molar-refractivity contribution is -0.177. The maximum absolute atomic E-state index is 14.2.